The molecule has 0 radical (unpaired) electrons. The Bertz CT molecular complexity index is 2800. The summed E-state index contributed by atoms with van der Waals surface area (Å²) >= 11 is 0. The van der Waals surface area contributed by atoms with Crippen molar-refractivity contribution in [2.24, 2.45) is 40.9 Å². The van der Waals surface area contributed by atoms with Crippen molar-refractivity contribution in [2.75, 3.05) is 7.11 Å². The first-order valence-corrected chi connectivity index (χ1v) is 31.1. The van der Waals surface area contributed by atoms with E-state index in [4.69, 9.17) is 52.1 Å². The number of nitrogens with one attached hydrogen (secondary N) is 2. The van der Waals surface area contributed by atoms with Gasteiger partial charge in [-0.25, -0.2) is 20.0 Å². The van der Waals surface area contributed by atoms with Crippen molar-refractivity contribution in [2.45, 2.75) is 250 Å². The Labute approximate surface area is 514 Å². The molecular formula is C64H92N2O22. The molecule has 27 atom stereocenters. The lowest BCUT2D eigenvalue weighted by Gasteiger charge is -2.56. The minimum absolute atomic E-state index is 0.0983. The van der Waals surface area contributed by atoms with E-state index in [0.29, 0.717) is 30.4 Å². The fourth-order valence-electron chi connectivity index (χ4n) is 15.8. The van der Waals surface area contributed by atoms with E-state index in [2.05, 4.69) is 25.2 Å². The van der Waals surface area contributed by atoms with Gasteiger partial charge in [-0.05, 0) is 110 Å². The fraction of sp³-hybridized carbons (Fsp3) is 0.734. The van der Waals surface area contributed by atoms with Gasteiger partial charge in [-0.1, -0.05) is 62.8 Å². The topological polar surface area (TPSA) is 328 Å². The highest BCUT2D eigenvalue weighted by atomic mass is 16.8. The summed E-state index contributed by atoms with van der Waals surface area (Å²) < 4.78 is 69.1. The number of rotatable bonds is 13. The van der Waals surface area contributed by atoms with Crippen LogP contribution >= 0.6 is 0 Å². The van der Waals surface area contributed by atoms with Crippen molar-refractivity contribution in [3.8, 4) is 0 Å². The number of fused-ring (bicyclic) bond motifs is 4. The molecule has 0 aromatic rings. The normalized spacial score (nSPS) is 45.8. The Morgan fingerprint density at radius 3 is 2.11 bits per heavy atom. The van der Waals surface area contributed by atoms with Gasteiger partial charge in [-0.15, -0.1) is 0 Å². The van der Waals surface area contributed by atoms with Crippen molar-refractivity contribution < 1.29 is 107 Å². The second-order valence-electron chi connectivity index (χ2n) is 26.6. The molecule has 24 heteroatoms. The summed E-state index contributed by atoms with van der Waals surface area (Å²) in [6.07, 6.45) is -0.876. The molecule has 490 valence electrons. The monoisotopic (exact) mass is 1240 g/mol. The van der Waals surface area contributed by atoms with E-state index >= 15 is 4.79 Å². The van der Waals surface area contributed by atoms with Gasteiger partial charge in [0.15, 0.2) is 48.2 Å². The van der Waals surface area contributed by atoms with Crippen LogP contribution in [0.3, 0.4) is 0 Å². The third kappa shape index (κ3) is 13.3. The highest BCUT2D eigenvalue weighted by Gasteiger charge is 2.65. The SMILES string of the molecule is COC(=O)N[C@H]1[C@@H](C)O[C@@H](O[C@H]2C/C=C(\C)[C@@H]3C=C[C@@H]4[C@@H](O[C@H]5C[C@@H](O[C@H]6CC[C@@H](O[C@@H]7C[C@@H](O)[C@@H](O)[C@H](C)O7)[C@H](C)O6)[C@@H](OC(C)=O)[C@H](C)O5)[C@@H](C)C[C@H](C)[C@H]4[C@]3(C)C(O)=C3C(=O)O[C@]4(CC(/C=C/C(C)=O)=C[C@H](O)[C@H]4C=C2C)C3=O)C[C@]1(C)[NH+]([O-])O. The number of ether oxygens (including phenoxy) is 11. The van der Waals surface area contributed by atoms with E-state index in [-0.39, 0.29) is 49.7 Å². The maximum absolute atomic E-state index is 15.8. The molecule has 5 heterocycles. The van der Waals surface area contributed by atoms with E-state index in [0.717, 1.165) is 5.57 Å². The number of esters is 2. The zero-order valence-corrected chi connectivity index (χ0v) is 52.7. The third-order valence-corrected chi connectivity index (χ3v) is 20.3. The number of hydrogen-bond acceptors (Lipinski definition) is 22. The molecule has 0 aromatic heterocycles. The average molecular weight is 1240 g/mol. The Morgan fingerprint density at radius 1 is 0.784 bits per heavy atom. The van der Waals surface area contributed by atoms with Gasteiger partial charge < -0.3 is 83.1 Å². The molecule has 1 saturated carbocycles. The van der Waals surface area contributed by atoms with E-state index in [1.807, 2.05) is 32.9 Å². The first kappa shape index (κ1) is 67.6. The Hall–Kier alpha value is -4.77. The summed E-state index contributed by atoms with van der Waals surface area (Å²) in [6.45, 7) is 20.7. The minimum Gasteiger partial charge on any atom is -0.600 e. The molecule has 1 amide bonds. The number of carbonyl (C=O) groups is 5. The van der Waals surface area contributed by atoms with Crippen LogP contribution in [-0.4, -0.2) is 178 Å². The maximum Gasteiger partial charge on any atom is 0.407 e. The zero-order chi connectivity index (χ0) is 64.2. The van der Waals surface area contributed by atoms with E-state index in [1.54, 1.807) is 33.8 Å². The van der Waals surface area contributed by atoms with Crippen molar-refractivity contribution in [1.82, 2.24) is 5.32 Å². The van der Waals surface area contributed by atoms with Crippen molar-refractivity contribution in [3.63, 3.8) is 0 Å². The van der Waals surface area contributed by atoms with Gasteiger partial charge in [0.25, 0.3) is 0 Å². The number of quaternary nitrogens is 1. The lowest BCUT2D eigenvalue weighted by atomic mass is 9.49. The summed E-state index contributed by atoms with van der Waals surface area (Å²) in [4.78, 5) is 68.0. The van der Waals surface area contributed by atoms with Crippen LogP contribution in [0.2, 0.25) is 0 Å². The van der Waals surface area contributed by atoms with E-state index in [9.17, 15) is 50.0 Å². The molecule has 4 aliphatic carbocycles. The molecule has 5 saturated heterocycles. The summed E-state index contributed by atoms with van der Waals surface area (Å²) in [5.41, 5.74) is -4.17. The van der Waals surface area contributed by atoms with Crippen molar-refractivity contribution >= 4 is 29.6 Å². The number of Topliss-reactive ketones (excluding diaryl/α,β-unsaturated/α-hetero) is 1. The quantitative estimate of drug-likeness (QED) is 0.0322. The number of ketones is 2. The molecule has 1 unspecified atom stereocenters. The van der Waals surface area contributed by atoms with Gasteiger partial charge >= 0.3 is 18.0 Å². The molecule has 24 nitrogen and oxygen atoms in total. The molecule has 2 bridgehead atoms. The Balaban J connectivity index is 1.05. The number of aliphatic hydroxyl groups is 4. The molecule has 0 aromatic carbocycles. The summed E-state index contributed by atoms with van der Waals surface area (Å²) in [7, 11) is 1.17. The lowest BCUT2D eigenvalue weighted by molar-refractivity contribution is -1.09. The van der Waals surface area contributed by atoms with Gasteiger partial charge in [-0.3, -0.25) is 14.4 Å². The molecule has 9 aliphatic rings. The van der Waals surface area contributed by atoms with Gasteiger partial charge in [-0.2, -0.15) is 0 Å². The molecule has 9 rings (SSSR count). The Kier molecular flexibility index (Phi) is 20.6. The number of hydroxylamine groups is 2. The summed E-state index contributed by atoms with van der Waals surface area (Å²) in [5, 5.41) is 71.3. The van der Waals surface area contributed by atoms with Crippen LogP contribution in [0.1, 0.15) is 134 Å². The van der Waals surface area contributed by atoms with Crippen LogP contribution in [-0.2, 0) is 71.3 Å². The predicted octanol–water partition coefficient (Wildman–Crippen LogP) is 4.89. The van der Waals surface area contributed by atoms with Gasteiger partial charge in [0, 0.05) is 49.9 Å². The number of methoxy groups -OCH3 is 1. The van der Waals surface area contributed by atoms with E-state index in [1.165, 1.54) is 46.1 Å². The molecule has 6 fully saturated rings. The third-order valence-electron chi connectivity index (χ3n) is 20.3. The number of aliphatic hydroxyl groups excluding tert-OH is 4. The molecule has 1 spiro atoms. The van der Waals surface area contributed by atoms with Crippen LogP contribution < -0.4 is 10.5 Å². The highest BCUT2D eigenvalue weighted by Crippen LogP contribution is 2.61. The lowest BCUT2D eigenvalue weighted by Crippen LogP contribution is -3.17. The number of alkyl carbamates (subject to hydrolysis) is 1. The second kappa shape index (κ2) is 26.8. The van der Waals surface area contributed by atoms with E-state index < -0.39 is 185 Å². The van der Waals surface area contributed by atoms with Crippen LogP contribution in [0.5, 0.6) is 0 Å². The number of carbonyl (C=O) groups excluding carboxylic acids is 5. The van der Waals surface area contributed by atoms with Gasteiger partial charge in [0.1, 0.15) is 29.6 Å². The van der Waals surface area contributed by atoms with Crippen LogP contribution in [0.25, 0.3) is 0 Å². The predicted molar refractivity (Wildman–Crippen MR) is 310 cm³/mol. The molecular weight excluding hydrogens is 1150 g/mol. The average Bonchev–Trinajstić information content (AvgIpc) is 1.35. The minimum atomic E-state index is -2.13. The zero-order valence-electron chi connectivity index (χ0n) is 52.7. The van der Waals surface area contributed by atoms with Gasteiger partial charge in [0.2, 0.25) is 5.78 Å². The van der Waals surface area contributed by atoms with Crippen LogP contribution in [0, 0.1) is 46.1 Å². The van der Waals surface area contributed by atoms with Crippen LogP contribution in [0.4, 0.5) is 4.79 Å². The first-order valence-electron chi connectivity index (χ1n) is 31.1. The molecule has 7 N–H and O–H groups in total. The number of hydrogen-bond donors (Lipinski definition) is 7. The van der Waals surface area contributed by atoms with Crippen LogP contribution in [0.15, 0.2) is 70.6 Å². The second-order valence-corrected chi connectivity index (χ2v) is 26.6. The number of amides is 1. The summed E-state index contributed by atoms with van der Waals surface area (Å²) in [6, 6.07) is -1.02. The first-order chi connectivity index (χ1) is 41.4. The van der Waals surface area contributed by atoms with Crippen molar-refractivity contribution in [3.05, 3.63) is 75.8 Å². The smallest absolute Gasteiger partial charge is 0.407 e. The largest absolute Gasteiger partial charge is 0.600 e. The molecule has 88 heavy (non-hydrogen) atoms. The maximum atomic E-state index is 15.8. The van der Waals surface area contributed by atoms with Gasteiger partial charge in [0.05, 0.1) is 74.4 Å². The summed E-state index contributed by atoms with van der Waals surface area (Å²) in [5.74, 6) is -6.48. The molecule has 5 aliphatic heterocycles. The van der Waals surface area contributed by atoms with Crippen molar-refractivity contribution in [1.29, 1.82) is 0 Å². The standard InChI is InChI=1S/C64H92N2O22/c1-29-14-19-45(84-51-28-62(11,66(76)77)57(37(9)82-51)65-61(75)78-13)30(2)23-42-43(69)24-39(16-15-33(5)67)27-64(42)59(73)52(60(74)88-64)58(72)63(12)41(29)18-17-40-53(63)31(3)22-32(4)55(40)87-50-26-47(56(36(8)81-50)83-38(10)68)86-48-21-20-46(34(6)79-48)85-49-25-44(70)54(71)35(7)80-49/h14-18,23-24,31-32,34-37,40-51,53-57,66,69-72,76H,19-22,25-28H2,1-13H3,(H,65,75)/b16-15+,29-14+,30-23?,58-52?/t31-,32-,34-,35-,36-,37+,40-,41-,42+,43-,44+,45-,46+,47+,48-,49+,50-,51-,53+,54-,55-,56-,57-,62-,63+,64-/m0/s1. The Morgan fingerprint density at radius 2 is 1.45 bits per heavy atom. The number of allylic oxidation sites excluding steroid dienone is 5. The fourth-order valence-corrected chi connectivity index (χ4v) is 15.8. The highest BCUT2D eigenvalue weighted by molar-refractivity contribution is 6.26.